The molecule has 4 rings (SSSR count). The Balaban J connectivity index is 1.52. The largest absolute Gasteiger partial charge is 0.496 e. The predicted octanol–water partition coefficient (Wildman–Crippen LogP) is 5.58. The summed E-state index contributed by atoms with van der Waals surface area (Å²) in [5.74, 6) is 1.97. The van der Waals surface area contributed by atoms with Gasteiger partial charge in [-0.1, -0.05) is 40.2 Å². The van der Waals surface area contributed by atoms with Gasteiger partial charge in [-0.15, -0.1) is 0 Å². The van der Waals surface area contributed by atoms with Gasteiger partial charge in [-0.25, -0.2) is 0 Å². The third-order valence-corrected chi connectivity index (χ3v) is 6.61. The van der Waals surface area contributed by atoms with Crippen LogP contribution in [0, 0.1) is 6.92 Å². The minimum Gasteiger partial charge on any atom is -0.496 e. The second-order valence-electron chi connectivity index (χ2n) is 7.64. The van der Waals surface area contributed by atoms with Gasteiger partial charge < -0.3 is 9.47 Å². The number of fused-ring (bicyclic) bond motifs is 1. The van der Waals surface area contributed by atoms with E-state index in [4.69, 9.17) is 9.47 Å². The first-order valence-corrected chi connectivity index (χ1v) is 11.0. The first kappa shape index (κ1) is 19.5. The van der Waals surface area contributed by atoms with E-state index in [-0.39, 0.29) is 0 Å². The van der Waals surface area contributed by atoms with Crippen LogP contribution in [0.5, 0.6) is 11.5 Å². The molecule has 2 aromatic rings. The number of methoxy groups -OCH3 is 1. The van der Waals surface area contributed by atoms with Gasteiger partial charge in [0.15, 0.2) is 0 Å². The Morgan fingerprint density at radius 2 is 1.75 bits per heavy atom. The molecule has 2 aliphatic rings. The summed E-state index contributed by atoms with van der Waals surface area (Å²) >= 11 is 3.83. The first-order valence-electron chi connectivity index (χ1n) is 10.2. The fraction of sp³-hybridized carbons (Fsp3) is 0.417. The molecule has 3 nitrogen and oxygen atoms in total. The van der Waals surface area contributed by atoms with Crippen molar-refractivity contribution < 1.29 is 9.47 Å². The van der Waals surface area contributed by atoms with E-state index in [0.29, 0.717) is 0 Å². The number of nitrogens with zero attached hydrogens (tertiary/aromatic N) is 1. The third-order valence-electron chi connectivity index (χ3n) is 5.81. The maximum absolute atomic E-state index is 5.97. The molecule has 1 aliphatic carbocycles. The van der Waals surface area contributed by atoms with Crippen LogP contribution in [-0.2, 0) is 6.42 Å². The molecular formula is C24H28BrNO2. The lowest BCUT2D eigenvalue weighted by Crippen LogP contribution is -2.25. The summed E-state index contributed by atoms with van der Waals surface area (Å²) in [7, 11) is 1.77. The zero-order valence-corrected chi connectivity index (χ0v) is 18.3. The average Bonchev–Trinajstić information content (AvgIpc) is 3.22. The quantitative estimate of drug-likeness (QED) is 0.583. The fourth-order valence-electron chi connectivity index (χ4n) is 4.35. The van der Waals surface area contributed by atoms with Crippen LogP contribution in [0.15, 0.2) is 40.9 Å². The Bertz CT molecular complexity index is 867. The number of ether oxygens (including phenoxy) is 2. The monoisotopic (exact) mass is 441 g/mol. The van der Waals surface area contributed by atoms with Crippen molar-refractivity contribution in [3.05, 3.63) is 63.1 Å². The Kier molecular flexibility index (Phi) is 6.07. The highest BCUT2D eigenvalue weighted by Gasteiger charge is 2.23. The van der Waals surface area contributed by atoms with Gasteiger partial charge in [0, 0.05) is 16.6 Å². The lowest BCUT2D eigenvalue weighted by Gasteiger charge is -2.24. The third kappa shape index (κ3) is 3.99. The Hall–Kier alpha value is -1.78. The highest BCUT2D eigenvalue weighted by molar-refractivity contribution is 9.11. The lowest BCUT2D eigenvalue weighted by molar-refractivity contribution is 0.238. The van der Waals surface area contributed by atoms with Gasteiger partial charge in [-0.05, 0) is 80.1 Å². The number of hydrogen-bond acceptors (Lipinski definition) is 3. The standard InChI is InChI=1S/C24H28BrNO2/c1-17-5-10-20-21(24(17)27-2)11-12-22(25)23(20)18-6-8-19(9-7-18)28-16-15-26-13-3-4-14-26/h5-10H,3-4,11-16H2,1-2H3. The van der Waals surface area contributed by atoms with E-state index in [9.17, 15) is 0 Å². The van der Waals surface area contributed by atoms with Gasteiger partial charge in [-0.2, -0.15) is 0 Å². The van der Waals surface area contributed by atoms with E-state index in [0.717, 1.165) is 37.5 Å². The molecule has 0 N–H and O–H groups in total. The molecule has 0 saturated carbocycles. The number of likely N-dealkylation sites (tertiary alicyclic amines) is 1. The molecular weight excluding hydrogens is 414 g/mol. The van der Waals surface area contributed by atoms with Gasteiger partial charge in [0.1, 0.15) is 18.1 Å². The molecule has 1 aliphatic heterocycles. The summed E-state index contributed by atoms with van der Waals surface area (Å²) in [6, 6.07) is 12.9. The fourth-order valence-corrected chi connectivity index (χ4v) is 4.99. The molecule has 2 aromatic carbocycles. The molecule has 0 amide bonds. The topological polar surface area (TPSA) is 21.7 Å². The second-order valence-corrected chi connectivity index (χ2v) is 8.60. The van der Waals surface area contributed by atoms with Crippen molar-refractivity contribution in [2.45, 2.75) is 32.6 Å². The molecule has 1 heterocycles. The minimum absolute atomic E-state index is 0.755. The van der Waals surface area contributed by atoms with Crippen LogP contribution in [-0.4, -0.2) is 38.3 Å². The molecule has 0 radical (unpaired) electrons. The minimum atomic E-state index is 0.755. The van der Waals surface area contributed by atoms with Crippen LogP contribution >= 0.6 is 15.9 Å². The van der Waals surface area contributed by atoms with Crippen LogP contribution in [0.4, 0.5) is 0 Å². The van der Waals surface area contributed by atoms with Crippen molar-refractivity contribution >= 4 is 21.5 Å². The van der Waals surface area contributed by atoms with Crippen molar-refractivity contribution in [3.63, 3.8) is 0 Å². The maximum Gasteiger partial charge on any atom is 0.125 e. The highest BCUT2D eigenvalue weighted by Crippen LogP contribution is 2.43. The van der Waals surface area contributed by atoms with Crippen molar-refractivity contribution in [1.29, 1.82) is 0 Å². The van der Waals surface area contributed by atoms with Crippen molar-refractivity contribution in [2.24, 2.45) is 0 Å². The van der Waals surface area contributed by atoms with Crippen LogP contribution in [0.1, 0.15) is 41.5 Å². The molecule has 1 fully saturated rings. The molecule has 0 spiro atoms. The summed E-state index contributed by atoms with van der Waals surface area (Å²) in [4.78, 5) is 2.48. The average molecular weight is 442 g/mol. The van der Waals surface area contributed by atoms with Crippen molar-refractivity contribution in [1.82, 2.24) is 4.90 Å². The molecule has 0 bridgehead atoms. The van der Waals surface area contributed by atoms with Gasteiger partial charge in [0.2, 0.25) is 0 Å². The van der Waals surface area contributed by atoms with E-state index >= 15 is 0 Å². The van der Waals surface area contributed by atoms with Gasteiger partial charge in [0.05, 0.1) is 7.11 Å². The van der Waals surface area contributed by atoms with E-state index < -0.39 is 0 Å². The number of allylic oxidation sites excluding steroid dienone is 1. The first-order chi connectivity index (χ1) is 13.7. The summed E-state index contributed by atoms with van der Waals surface area (Å²) in [6.07, 6.45) is 4.65. The molecule has 0 atom stereocenters. The maximum atomic E-state index is 5.97. The number of hydrogen-bond donors (Lipinski definition) is 0. The summed E-state index contributed by atoms with van der Waals surface area (Å²) in [5.41, 5.74) is 6.25. The molecule has 148 valence electrons. The van der Waals surface area contributed by atoms with E-state index in [2.05, 4.69) is 64.2 Å². The zero-order valence-electron chi connectivity index (χ0n) is 16.8. The molecule has 28 heavy (non-hydrogen) atoms. The number of rotatable bonds is 6. The second kappa shape index (κ2) is 8.71. The van der Waals surface area contributed by atoms with E-state index in [1.807, 2.05) is 0 Å². The van der Waals surface area contributed by atoms with Crippen LogP contribution in [0.2, 0.25) is 0 Å². The number of aryl methyl sites for hydroxylation is 1. The molecule has 1 saturated heterocycles. The zero-order chi connectivity index (χ0) is 19.5. The summed E-state index contributed by atoms with van der Waals surface area (Å²) in [5, 5.41) is 0. The van der Waals surface area contributed by atoms with Crippen molar-refractivity contribution in [3.8, 4) is 11.5 Å². The molecule has 0 aromatic heterocycles. The number of benzene rings is 2. The summed E-state index contributed by atoms with van der Waals surface area (Å²) in [6.45, 7) is 6.32. The van der Waals surface area contributed by atoms with Gasteiger partial charge >= 0.3 is 0 Å². The van der Waals surface area contributed by atoms with Crippen LogP contribution in [0.3, 0.4) is 0 Å². The molecule has 0 unspecified atom stereocenters. The van der Waals surface area contributed by atoms with E-state index in [1.54, 1.807) is 7.11 Å². The Labute approximate surface area is 176 Å². The van der Waals surface area contributed by atoms with Crippen LogP contribution < -0.4 is 9.47 Å². The SMILES string of the molecule is COc1c(C)ccc2c1CCC(Br)=C2c1ccc(OCCN2CCCC2)cc1. The van der Waals surface area contributed by atoms with Gasteiger partial charge in [0.25, 0.3) is 0 Å². The molecule has 4 heteroatoms. The van der Waals surface area contributed by atoms with Crippen molar-refractivity contribution in [2.75, 3.05) is 33.4 Å². The van der Waals surface area contributed by atoms with E-state index in [1.165, 1.54) is 58.2 Å². The van der Waals surface area contributed by atoms with Crippen LogP contribution in [0.25, 0.3) is 5.57 Å². The smallest absolute Gasteiger partial charge is 0.125 e. The van der Waals surface area contributed by atoms with Gasteiger partial charge in [-0.3, -0.25) is 4.90 Å². The Morgan fingerprint density at radius 3 is 2.46 bits per heavy atom. The predicted molar refractivity (Wildman–Crippen MR) is 119 cm³/mol. The lowest BCUT2D eigenvalue weighted by atomic mass is 9.85. The summed E-state index contributed by atoms with van der Waals surface area (Å²) < 4.78 is 12.9. The Morgan fingerprint density at radius 1 is 1.00 bits per heavy atom. The highest BCUT2D eigenvalue weighted by atomic mass is 79.9. The normalized spacial score (nSPS) is 17.0. The number of halogens is 1.